The van der Waals surface area contributed by atoms with E-state index in [1.54, 1.807) is 0 Å². The van der Waals surface area contributed by atoms with Crippen molar-refractivity contribution in [2.75, 3.05) is 0 Å². The lowest BCUT2D eigenvalue weighted by molar-refractivity contribution is -0.119. The van der Waals surface area contributed by atoms with E-state index in [9.17, 15) is 4.79 Å². The summed E-state index contributed by atoms with van der Waals surface area (Å²) in [4.78, 5) is 14.4. The maximum Gasteiger partial charge on any atom is 0.228 e. The number of nitrogens with zero attached hydrogens (tertiary/aromatic N) is 4. The molecule has 0 spiro atoms. The first-order valence-corrected chi connectivity index (χ1v) is 3.53. The van der Waals surface area contributed by atoms with Crippen LogP contribution in [0.3, 0.4) is 0 Å². The minimum Gasteiger partial charge on any atom is -0.409 e. The molecule has 1 rings (SSSR count). The molecule has 1 heterocycles. The molecule has 7 heteroatoms. The molecule has 0 saturated carbocycles. The van der Waals surface area contributed by atoms with E-state index in [0.29, 0.717) is 0 Å². The maximum absolute atomic E-state index is 10.8. The maximum atomic E-state index is 10.8. The summed E-state index contributed by atoms with van der Waals surface area (Å²) in [6.07, 6.45) is 2.58. The average molecular weight is 183 g/mol. The summed E-state index contributed by atoms with van der Waals surface area (Å²) < 4.78 is 1.18. The fourth-order valence-corrected chi connectivity index (χ4v) is 0.785. The van der Waals surface area contributed by atoms with Crippen LogP contribution in [0.1, 0.15) is 6.92 Å². The van der Waals surface area contributed by atoms with Crippen molar-refractivity contribution in [1.29, 1.82) is 0 Å². The third-order valence-corrected chi connectivity index (χ3v) is 1.57. The second kappa shape index (κ2) is 3.65. The largest absolute Gasteiger partial charge is 0.409 e. The molecule has 0 aliphatic rings. The smallest absolute Gasteiger partial charge is 0.228 e. The molecule has 1 unspecified atom stereocenters. The lowest BCUT2D eigenvalue weighted by Gasteiger charge is -2.07. The summed E-state index contributed by atoms with van der Waals surface area (Å²) in [6, 6.07) is 0. The van der Waals surface area contributed by atoms with Crippen molar-refractivity contribution in [2.24, 2.45) is 16.8 Å². The van der Waals surface area contributed by atoms with Crippen LogP contribution in [0.25, 0.3) is 0 Å². The van der Waals surface area contributed by atoms with Crippen molar-refractivity contribution < 1.29 is 10.0 Å². The summed E-state index contributed by atoms with van der Waals surface area (Å²) in [5, 5.41) is 15.2. The Balaban J connectivity index is 2.94. The number of hydrogen-bond acceptors (Lipinski definition) is 5. The Labute approximate surface area is 73.9 Å². The lowest BCUT2D eigenvalue weighted by Crippen LogP contribution is -2.32. The van der Waals surface area contributed by atoms with Gasteiger partial charge in [0.1, 0.15) is 12.7 Å². The molecule has 0 radical (unpaired) electrons. The minimum absolute atomic E-state index is 0.0463. The highest BCUT2D eigenvalue weighted by Gasteiger charge is 2.19. The number of primary amides is 1. The fraction of sp³-hybridized carbons (Fsp3) is 0.333. The molecule has 0 fully saturated rings. The van der Waals surface area contributed by atoms with Gasteiger partial charge in [0.2, 0.25) is 5.91 Å². The zero-order valence-electron chi connectivity index (χ0n) is 6.95. The van der Waals surface area contributed by atoms with E-state index in [4.69, 9.17) is 10.9 Å². The number of nitrogens with two attached hydrogens (primary N) is 1. The highest BCUT2D eigenvalue weighted by atomic mass is 16.4. The van der Waals surface area contributed by atoms with Crippen LogP contribution in [0.5, 0.6) is 0 Å². The molecule has 0 bridgehead atoms. The standard InChI is InChI=1S/C6H9N5O2/c1-4(5(7)12)6(10-13)11-3-8-2-9-11/h2-4,13H,1H3,(H2,7,12). The van der Waals surface area contributed by atoms with E-state index in [2.05, 4.69) is 15.2 Å². The molecule has 1 amide bonds. The first-order chi connectivity index (χ1) is 6.16. The zero-order valence-corrected chi connectivity index (χ0v) is 6.95. The summed E-state index contributed by atoms with van der Waals surface area (Å²) in [5.41, 5.74) is 5.03. The Morgan fingerprint density at radius 3 is 2.85 bits per heavy atom. The van der Waals surface area contributed by atoms with Gasteiger partial charge < -0.3 is 10.9 Å². The minimum atomic E-state index is -0.716. The van der Waals surface area contributed by atoms with Crippen molar-refractivity contribution in [1.82, 2.24) is 14.8 Å². The molecule has 1 atom stereocenters. The molecule has 7 nitrogen and oxygen atoms in total. The van der Waals surface area contributed by atoms with Crippen molar-refractivity contribution in [3.8, 4) is 0 Å². The Kier molecular flexibility index (Phi) is 2.58. The number of aromatic nitrogens is 3. The molecule has 0 aromatic carbocycles. The normalized spacial score (nSPS) is 14.1. The Morgan fingerprint density at radius 1 is 1.77 bits per heavy atom. The van der Waals surface area contributed by atoms with Gasteiger partial charge in [-0.15, -0.1) is 0 Å². The van der Waals surface area contributed by atoms with Gasteiger partial charge in [0.15, 0.2) is 5.84 Å². The first-order valence-electron chi connectivity index (χ1n) is 3.53. The van der Waals surface area contributed by atoms with E-state index < -0.39 is 11.8 Å². The molecule has 1 aromatic heterocycles. The van der Waals surface area contributed by atoms with Crippen LogP contribution in [0.15, 0.2) is 17.8 Å². The van der Waals surface area contributed by atoms with E-state index >= 15 is 0 Å². The van der Waals surface area contributed by atoms with Gasteiger partial charge in [0, 0.05) is 0 Å². The predicted molar refractivity (Wildman–Crippen MR) is 43.0 cm³/mol. The number of amides is 1. The van der Waals surface area contributed by atoms with Crippen LogP contribution >= 0.6 is 0 Å². The molecular weight excluding hydrogens is 174 g/mol. The van der Waals surface area contributed by atoms with Gasteiger partial charge in [-0.3, -0.25) is 4.79 Å². The average Bonchev–Trinajstić information content (AvgIpc) is 2.58. The Hall–Kier alpha value is -1.92. The van der Waals surface area contributed by atoms with Crippen LogP contribution in [0.2, 0.25) is 0 Å². The Morgan fingerprint density at radius 2 is 2.46 bits per heavy atom. The number of carbonyl (C=O) groups is 1. The van der Waals surface area contributed by atoms with Crippen LogP contribution in [-0.2, 0) is 4.79 Å². The van der Waals surface area contributed by atoms with E-state index in [0.717, 1.165) is 0 Å². The topological polar surface area (TPSA) is 106 Å². The van der Waals surface area contributed by atoms with Gasteiger partial charge >= 0.3 is 0 Å². The first kappa shape index (κ1) is 9.17. The lowest BCUT2D eigenvalue weighted by atomic mass is 10.1. The molecular formula is C6H9N5O2. The van der Waals surface area contributed by atoms with Crippen LogP contribution < -0.4 is 5.73 Å². The summed E-state index contributed by atoms with van der Waals surface area (Å²) >= 11 is 0. The van der Waals surface area contributed by atoms with E-state index in [1.165, 1.54) is 24.3 Å². The van der Waals surface area contributed by atoms with Gasteiger partial charge in [-0.1, -0.05) is 5.16 Å². The SMILES string of the molecule is CC(C(N)=O)C(=NO)n1cncn1. The van der Waals surface area contributed by atoms with Crippen molar-refractivity contribution in [2.45, 2.75) is 6.92 Å². The molecule has 70 valence electrons. The number of oxime groups is 1. The van der Waals surface area contributed by atoms with Crippen LogP contribution in [-0.4, -0.2) is 31.7 Å². The monoisotopic (exact) mass is 183 g/mol. The van der Waals surface area contributed by atoms with Gasteiger partial charge in [0.25, 0.3) is 0 Å². The van der Waals surface area contributed by atoms with Crippen LogP contribution in [0, 0.1) is 5.92 Å². The predicted octanol–water partition coefficient (Wildman–Crippen LogP) is -0.965. The zero-order chi connectivity index (χ0) is 9.84. The van der Waals surface area contributed by atoms with E-state index in [1.807, 2.05) is 0 Å². The highest BCUT2D eigenvalue weighted by Crippen LogP contribution is 1.99. The Bertz CT molecular complexity index is 318. The van der Waals surface area contributed by atoms with E-state index in [-0.39, 0.29) is 5.84 Å². The molecule has 13 heavy (non-hydrogen) atoms. The van der Waals surface area contributed by atoms with Gasteiger partial charge in [-0.2, -0.15) is 5.10 Å². The van der Waals surface area contributed by atoms with Gasteiger partial charge in [-0.05, 0) is 6.92 Å². The fourth-order valence-electron chi connectivity index (χ4n) is 0.785. The molecule has 0 aliphatic heterocycles. The van der Waals surface area contributed by atoms with Crippen molar-refractivity contribution >= 4 is 11.7 Å². The molecule has 0 aliphatic carbocycles. The molecule has 1 aromatic rings. The molecule has 3 N–H and O–H groups in total. The number of carbonyl (C=O) groups excluding carboxylic acids is 1. The van der Waals surface area contributed by atoms with Gasteiger partial charge in [0.05, 0.1) is 5.92 Å². The quantitative estimate of drug-likeness (QED) is 0.266. The summed E-state index contributed by atoms with van der Waals surface area (Å²) in [6.45, 7) is 1.51. The summed E-state index contributed by atoms with van der Waals surface area (Å²) in [5.74, 6) is -1.26. The van der Waals surface area contributed by atoms with Crippen molar-refractivity contribution in [3.05, 3.63) is 12.7 Å². The highest BCUT2D eigenvalue weighted by molar-refractivity contribution is 6.02. The second-order valence-electron chi connectivity index (χ2n) is 2.42. The molecule has 0 saturated heterocycles. The number of rotatable bonds is 2. The van der Waals surface area contributed by atoms with Gasteiger partial charge in [-0.25, -0.2) is 9.67 Å². The third-order valence-electron chi connectivity index (χ3n) is 1.57. The summed E-state index contributed by atoms with van der Waals surface area (Å²) in [7, 11) is 0. The van der Waals surface area contributed by atoms with Crippen LogP contribution in [0.4, 0.5) is 0 Å². The van der Waals surface area contributed by atoms with Crippen molar-refractivity contribution in [3.63, 3.8) is 0 Å². The second-order valence-corrected chi connectivity index (χ2v) is 2.42. The third kappa shape index (κ3) is 1.81. The number of hydrogen-bond donors (Lipinski definition) is 2.